The van der Waals surface area contributed by atoms with Gasteiger partial charge in [0.2, 0.25) is 5.88 Å². The number of piperidine rings is 3. The van der Waals surface area contributed by atoms with Crippen molar-refractivity contribution in [1.29, 1.82) is 0 Å². The summed E-state index contributed by atoms with van der Waals surface area (Å²) in [4.78, 5) is 17.7. The Balaban J connectivity index is 1.41. The van der Waals surface area contributed by atoms with E-state index < -0.39 is 6.35 Å². The molecule has 1 spiro atoms. The SMILES string of the molecule is COc1ccc(-c2cc(N3CC4(CN5CCC4CC5)OC3N)ncn2)cn1. The van der Waals surface area contributed by atoms with Gasteiger partial charge in [-0.25, -0.2) is 15.0 Å². The summed E-state index contributed by atoms with van der Waals surface area (Å²) in [6.45, 7) is 4.08. The molecule has 8 nitrogen and oxygen atoms in total. The van der Waals surface area contributed by atoms with Gasteiger partial charge in [-0.2, -0.15) is 0 Å². The summed E-state index contributed by atoms with van der Waals surface area (Å²) in [5.74, 6) is 1.94. The number of rotatable bonds is 3. The second-order valence-corrected chi connectivity index (χ2v) is 7.60. The van der Waals surface area contributed by atoms with Crippen molar-refractivity contribution in [2.45, 2.75) is 24.8 Å². The van der Waals surface area contributed by atoms with Crippen molar-refractivity contribution < 1.29 is 9.47 Å². The number of anilines is 1. The number of hydrogen-bond donors (Lipinski definition) is 1. The summed E-state index contributed by atoms with van der Waals surface area (Å²) in [7, 11) is 1.60. The minimum atomic E-state index is -0.484. The standard InChI is InChI=1S/C19H24N6O2/c1-26-17-3-2-13(9-21-17)15-8-16(23-12-22-15)25-11-19(27-18(25)20)10-24-6-4-14(19)5-7-24/h2-3,8-9,12,14,18H,4-7,10-11,20H2,1H3. The van der Waals surface area contributed by atoms with E-state index in [2.05, 4.69) is 24.8 Å². The van der Waals surface area contributed by atoms with Gasteiger partial charge in [-0.15, -0.1) is 0 Å². The van der Waals surface area contributed by atoms with Gasteiger partial charge < -0.3 is 19.3 Å². The Hall–Kier alpha value is -2.29. The Morgan fingerprint density at radius 3 is 2.70 bits per heavy atom. The molecule has 4 fully saturated rings. The van der Waals surface area contributed by atoms with Crippen LogP contribution in [0.5, 0.6) is 5.88 Å². The van der Waals surface area contributed by atoms with E-state index in [0.29, 0.717) is 11.8 Å². The second-order valence-electron chi connectivity index (χ2n) is 7.60. The van der Waals surface area contributed by atoms with Crippen LogP contribution in [0.15, 0.2) is 30.7 Å². The highest BCUT2D eigenvalue weighted by atomic mass is 16.6. The molecule has 4 aliphatic rings. The van der Waals surface area contributed by atoms with Crippen molar-refractivity contribution in [3.8, 4) is 17.1 Å². The third kappa shape index (κ3) is 2.84. The highest BCUT2D eigenvalue weighted by Gasteiger charge is 2.54. The monoisotopic (exact) mass is 368 g/mol. The van der Waals surface area contributed by atoms with E-state index in [0.717, 1.165) is 30.2 Å². The minimum absolute atomic E-state index is 0.178. The first-order valence-electron chi connectivity index (χ1n) is 9.42. The fourth-order valence-electron chi connectivity index (χ4n) is 4.68. The second kappa shape index (κ2) is 6.40. The molecular weight excluding hydrogens is 344 g/mol. The Labute approximate surface area is 158 Å². The molecule has 2 N–H and O–H groups in total. The van der Waals surface area contributed by atoms with E-state index in [-0.39, 0.29) is 5.60 Å². The number of hydrogen-bond acceptors (Lipinski definition) is 8. The molecule has 0 aromatic carbocycles. The van der Waals surface area contributed by atoms with Gasteiger partial charge in [0.1, 0.15) is 17.7 Å². The lowest BCUT2D eigenvalue weighted by Gasteiger charge is -2.50. The largest absolute Gasteiger partial charge is 0.481 e. The predicted molar refractivity (Wildman–Crippen MR) is 100 cm³/mol. The van der Waals surface area contributed by atoms with Gasteiger partial charge in [-0.05, 0) is 37.9 Å². The molecule has 2 aromatic rings. The number of fused-ring (bicyclic) bond motifs is 2. The maximum Gasteiger partial charge on any atom is 0.212 e. The minimum Gasteiger partial charge on any atom is -0.481 e. The lowest BCUT2D eigenvalue weighted by Crippen LogP contribution is -2.61. The first-order valence-corrected chi connectivity index (χ1v) is 9.42. The van der Waals surface area contributed by atoms with Gasteiger partial charge in [0.05, 0.1) is 19.3 Å². The van der Waals surface area contributed by atoms with Gasteiger partial charge in [0, 0.05) is 30.4 Å². The molecule has 6 heterocycles. The van der Waals surface area contributed by atoms with Crippen LogP contribution in [-0.4, -0.2) is 65.1 Å². The zero-order valence-electron chi connectivity index (χ0n) is 15.4. The molecule has 2 atom stereocenters. The fraction of sp³-hybridized carbons (Fsp3) is 0.526. The third-order valence-electron chi connectivity index (χ3n) is 6.11. The van der Waals surface area contributed by atoms with Gasteiger partial charge >= 0.3 is 0 Å². The molecule has 2 bridgehead atoms. The smallest absolute Gasteiger partial charge is 0.212 e. The summed E-state index contributed by atoms with van der Waals surface area (Å²) in [5, 5.41) is 0. The molecule has 0 radical (unpaired) electrons. The quantitative estimate of drug-likeness (QED) is 0.861. The van der Waals surface area contributed by atoms with E-state index in [4.69, 9.17) is 15.2 Å². The van der Waals surface area contributed by atoms with Crippen molar-refractivity contribution >= 4 is 5.82 Å². The van der Waals surface area contributed by atoms with Gasteiger partial charge in [-0.1, -0.05) is 0 Å². The molecule has 27 heavy (non-hydrogen) atoms. The van der Waals surface area contributed by atoms with Gasteiger partial charge in [0.25, 0.3) is 0 Å². The number of ether oxygens (including phenoxy) is 2. The van der Waals surface area contributed by atoms with Gasteiger partial charge in [0.15, 0.2) is 6.35 Å². The maximum atomic E-state index is 6.37. The summed E-state index contributed by atoms with van der Waals surface area (Å²) in [6.07, 6.45) is 5.21. The lowest BCUT2D eigenvalue weighted by atomic mass is 9.75. The normalized spacial score (nSPS) is 32.2. The number of nitrogens with zero attached hydrogens (tertiary/aromatic N) is 5. The molecule has 142 valence electrons. The molecule has 0 amide bonds. The third-order valence-corrected chi connectivity index (χ3v) is 6.11. The van der Waals surface area contributed by atoms with E-state index in [1.165, 1.54) is 25.9 Å². The van der Waals surface area contributed by atoms with Crippen molar-refractivity contribution in [3.63, 3.8) is 0 Å². The van der Waals surface area contributed by atoms with Crippen molar-refractivity contribution in [3.05, 3.63) is 30.7 Å². The molecule has 2 unspecified atom stereocenters. The molecule has 0 saturated carbocycles. The van der Waals surface area contributed by atoms with Crippen LogP contribution in [0.4, 0.5) is 5.82 Å². The van der Waals surface area contributed by atoms with Crippen molar-refractivity contribution in [2.75, 3.05) is 38.2 Å². The zero-order valence-corrected chi connectivity index (χ0v) is 15.4. The fourth-order valence-corrected chi connectivity index (χ4v) is 4.68. The molecule has 4 aliphatic heterocycles. The van der Waals surface area contributed by atoms with E-state index in [9.17, 15) is 0 Å². The van der Waals surface area contributed by atoms with Crippen LogP contribution in [0.1, 0.15) is 12.8 Å². The predicted octanol–water partition coefficient (Wildman–Crippen LogP) is 1.09. The highest BCUT2D eigenvalue weighted by Crippen LogP contribution is 2.43. The summed E-state index contributed by atoms with van der Waals surface area (Å²) in [5.41, 5.74) is 7.90. The van der Waals surface area contributed by atoms with E-state index in [1.54, 1.807) is 19.6 Å². The molecule has 2 aromatic heterocycles. The average molecular weight is 368 g/mol. The van der Waals surface area contributed by atoms with Crippen LogP contribution >= 0.6 is 0 Å². The Morgan fingerprint density at radius 2 is 2.04 bits per heavy atom. The van der Waals surface area contributed by atoms with E-state index >= 15 is 0 Å². The summed E-state index contributed by atoms with van der Waals surface area (Å²) in [6, 6.07) is 5.71. The number of methoxy groups -OCH3 is 1. The first kappa shape index (κ1) is 16.9. The average Bonchev–Trinajstić information content (AvgIpc) is 3.04. The van der Waals surface area contributed by atoms with Crippen LogP contribution in [0, 0.1) is 5.92 Å². The molecule has 6 rings (SSSR count). The topological polar surface area (TPSA) is 89.6 Å². The van der Waals surface area contributed by atoms with Crippen LogP contribution in [-0.2, 0) is 4.74 Å². The zero-order chi connectivity index (χ0) is 18.4. The Kier molecular flexibility index (Phi) is 3.99. The van der Waals surface area contributed by atoms with E-state index in [1.807, 2.05) is 18.2 Å². The molecule has 0 aliphatic carbocycles. The van der Waals surface area contributed by atoms with Crippen LogP contribution in [0.2, 0.25) is 0 Å². The Bertz CT molecular complexity index is 823. The lowest BCUT2D eigenvalue weighted by molar-refractivity contribution is -0.137. The Morgan fingerprint density at radius 1 is 1.19 bits per heavy atom. The molecule has 8 heteroatoms. The van der Waals surface area contributed by atoms with Crippen molar-refractivity contribution in [1.82, 2.24) is 19.9 Å². The summed E-state index contributed by atoms with van der Waals surface area (Å²) < 4.78 is 11.5. The van der Waals surface area contributed by atoms with Crippen LogP contribution in [0.3, 0.4) is 0 Å². The summed E-state index contributed by atoms with van der Waals surface area (Å²) >= 11 is 0. The molecular formula is C19H24N6O2. The number of nitrogens with two attached hydrogens (primary N) is 1. The van der Waals surface area contributed by atoms with Crippen molar-refractivity contribution in [2.24, 2.45) is 11.7 Å². The van der Waals surface area contributed by atoms with Gasteiger partial charge in [-0.3, -0.25) is 5.73 Å². The van der Waals surface area contributed by atoms with Crippen LogP contribution < -0.4 is 15.4 Å². The maximum absolute atomic E-state index is 6.37. The highest BCUT2D eigenvalue weighted by molar-refractivity contribution is 5.62. The number of aromatic nitrogens is 3. The van der Waals surface area contributed by atoms with Crippen LogP contribution in [0.25, 0.3) is 11.3 Å². The first-order chi connectivity index (χ1) is 13.2. The molecule has 4 saturated heterocycles. The number of pyridine rings is 1.